The highest BCUT2D eigenvalue weighted by molar-refractivity contribution is 6.02. The molecule has 0 unspecified atom stereocenters. The van der Waals surface area contributed by atoms with Gasteiger partial charge in [0.1, 0.15) is 0 Å². The molecule has 0 atom stereocenters. The molecule has 1 aromatic heterocycles. The van der Waals surface area contributed by atoms with Gasteiger partial charge < -0.3 is 5.32 Å². The van der Waals surface area contributed by atoms with Crippen molar-refractivity contribution in [2.24, 2.45) is 0 Å². The van der Waals surface area contributed by atoms with E-state index in [-0.39, 0.29) is 5.91 Å². The third kappa shape index (κ3) is 4.56. The van der Waals surface area contributed by atoms with Crippen LogP contribution in [-0.4, -0.2) is 10.9 Å². The van der Waals surface area contributed by atoms with E-state index in [1.807, 2.05) is 18.2 Å². The molecule has 1 aromatic carbocycles. The molecule has 0 bridgehead atoms. The molecule has 0 aliphatic heterocycles. The Labute approximate surface area is 145 Å². The van der Waals surface area contributed by atoms with Crippen LogP contribution in [0.5, 0.6) is 0 Å². The first-order valence-corrected chi connectivity index (χ1v) is 9.41. The van der Waals surface area contributed by atoms with Gasteiger partial charge >= 0.3 is 0 Å². The number of aromatic nitrogens is 1. The van der Waals surface area contributed by atoms with E-state index in [0.717, 1.165) is 54.4 Å². The summed E-state index contributed by atoms with van der Waals surface area (Å²) in [6.07, 6.45) is 7.98. The Hall–Kier alpha value is -1.90. The number of nitrogens with one attached hydrogen (secondary N) is 1. The molecule has 0 radical (unpaired) electrons. The molecule has 0 aliphatic carbocycles. The predicted molar refractivity (Wildman–Crippen MR) is 103 cm³/mol. The first-order chi connectivity index (χ1) is 11.7. The normalized spacial score (nSPS) is 11.0. The monoisotopic (exact) mass is 326 g/mol. The first kappa shape index (κ1) is 18.4. The van der Waals surface area contributed by atoms with E-state index in [1.165, 1.54) is 18.4 Å². The fraction of sp³-hybridized carbons (Fsp3) is 0.524. The zero-order valence-electron chi connectivity index (χ0n) is 15.3. The molecule has 1 amide bonds. The van der Waals surface area contributed by atoms with Gasteiger partial charge in [0.15, 0.2) is 0 Å². The molecule has 0 saturated heterocycles. The van der Waals surface area contributed by atoms with Gasteiger partial charge in [-0.15, -0.1) is 0 Å². The first-order valence-electron chi connectivity index (χ1n) is 9.41. The summed E-state index contributed by atoms with van der Waals surface area (Å²) in [6.45, 7) is 6.50. The SMILES string of the molecule is CCCCCCC(=O)Nc1c(CC)c(CCC)nc2ccccc12. The molecule has 130 valence electrons. The minimum absolute atomic E-state index is 0.125. The van der Waals surface area contributed by atoms with E-state index < -0.39 is 0 Å². The Morgan fingerprint density at radius 1 is 1.04 bits per heavy atom. The van der Waals surface area contributed by atoms with Crippen molar-refractivity contribution >= 4 is 22.5 Å². The zero-order valence-corrected chi connectivity index (χ0v) is 15.3. The van der Waals surface area contributed by atoms with Gasteiger partial charge in [-0.3, -0.25) is 9.78 Å². The lowest BCUT2D eigenvalue weighted by molar-refractivity contribution is -0.116. The second-order valence-electron chi connectivity index (χ2n) is 6.39. The largest absolute Gasteiger partial charge is 0.325 e. The molecule has 0 saturated carbocycles. The summed E-state index contributed by atoms with van der Waals surface area (Å²) in [6, 6.07) is 8.11. The van der Waals surface area contributed by atoms with Crippen LogP contribution in [0.25, 0.3) is 10.9 Å². The maximum atomic E-state index is 12.4. The minimum Gasteiger partial charge on any atom is -0.325 e. The Morgan fingerprint density at radius 3 is 2.54 bits per heavy atom. The summed E-state index contributed by atoms with van der Waals surface area (Å²) in [5, 5.41) is 4.25. The van der Waals surface area contributed by atoms with Crippen LogP contribution in [0.1, 0.15) is 70.6 Å². The molecule has 1 heterocycles. The molecule has 0 spiro atoms. The third-order valence-corrected chi connectivity index (χ3v) is 4.44. The number of anilines is 1. The molecule has 2 rings (SSSR count). The Kier molecular flexibility index (Phi) is 7.23. The minimum atomic E-state index is 0.125. The van der Waals surface area contributed by atoms with Crippen molar-refractivity contribution in [3.05, 3.63) is 35.5 Å². The molecule has 1 N–H and O–H groups in total. The number of hydrogen-bond donors (Lipinski definition) is 1. The standard InChI is InChI=1S/C21H30N2O/c1-4-7-8-9-15-20(24)23-21-16(6-3)18(12-5-2)22-19-14-11-10-13-17(19)21/h10-11,13-14H,4-9,12,15H2,1-3H3,(H,22,23,24). The van der Waals surface area contributed by atoms with Gasteiger partial charge in [0.05, 0.1) is 11.2 Å². The van der Waals surface area contributed by atoms with Crippen molar-refractivity contribution in [1.82, 2.24) is 4.98 Å². The number of hydrogen-bond acceptors (Lipinski definition) is 2. The number of fused-ring (bicyclic) bond motifs is 1. The average molecular weight is 326 g/mol. The van der Waals surface area contributed by atoms with Gasteiger partial charge in [0.25, 0.3) is 0 Å². The lowest BCUT2D eigenvalue weighted by Crippen LogP contribution is -2.14. The number of rotatable bonds is 9. The highest BCUT2D eigenvalue weighted by Crippen LogP contribution is 2.30. The van der Waals surface area contributed by atoms with Crippen molar-refractivity contribution in [2.45, 2.75) is 72.1 Å². The summed E-state index contributed by atoms with van der Waals surface area (Å²) < 4.78 is 0. The molecular formula is C21H30N2O. The Bertz CT molecular complexity index is 679. The lowest BCUT2D eigenvalue weighted by atomic mass is 10.0. The molecule has 2 aromatic rings. The van der Waals surface area contributed by atoms with Crippen molar-refractivity contribution in [2.75, 3.05) is 5.32 Å². The van der Waals surface area contributed by atoms with Crippen molar-refractivity contribution in [3.8, 4) is 0 Å². The van der Waals surface area contributed by atoms with E-state index in [2.05, 4.69) is 32.2 Å². The number of carbonyl (C=O) groups excluding carboxylic acids is 1. The van der Waals surface area contributed by atoms with Gasteiger partial charge in [-0.2, -0.15) is 0 Å². The molecule has 3 heteroatoms. The number of amides is 1. The van der Waals surface area contributed by atoms with Crippen LogP contribution in [0.4, 0.5) is 5.69 Å². The summed E-state index contributed by atoms with van der Waals surface area (Å²) in [4.78, 5) is 17.3. The van der Waals surface area contributed by atoms with Crippen LogP contribution in [0.2, 0.25) is 0 Å². The van der Waals surface area contributed by atoms with Crippen LogP contribution >= 0.6 is 0 Å². The third-order valence-electron chi connectivity index (χ3n) is 4.44. The summed E-state index contributed by atoms with van der Waals surface area (Å²) >= 11 is 0. The molecule has 0 aliphatic rings. The smallest absolute Gasteiger partial charge is 0.224 e. The molecule has 0 fully saturated rings. The van der Waals surface area contributed by atoms with Crippen LogP contribution in [0, 0.1) is 0 Å². The highest BCUT2D eigenvalue weighted by Gasteiger charge is 2.15. The number of nitrogens with zero attached hydrogens (tertiary/aromatic N) is 1. The zero-order chi connectivity index (χ0) is 17.4. The van der Waals surface area contributed by atoms with Crippen molar-refractivity contribution in [1.29, 1.82) is 0 Å². The Morgan fingerprint density at radius 2 is 1.83 bits per heavy atom. The fourth-order valence-electron chi connectivity index (χ4n) is 3.18. The second kappa shape index (κ2) is 9.41. The second-order valence-corrected chi connectivity index (χ2v) is 6.39. The Balaban J connectivity index is 2.30. The number of aryl methyl sites for hydroxylation is 1. The molecule has 3 nitrogen and oxygen atoms in total. The van der Waals surface area contributed by atoms with Gasteiger partial charge in [-0.25, -0.2) is 0 Å². The topological polar surface area (TPSA) is 42.0 Å². The van der Waals surface area contributed by atoms with E-state index in [1.54, 1.807) is 0 Å². The number of carbonyl (C=O) groups is 1. The van der Waals surface area contributed by atoms with Gasteiger partial charge in [-0.05, 0) is 30.9 Å². The fourth-order valence-corrected chi connectivity index (χ4v) is 3.18. The van der Waals surface area contributed by atoms with Crippen molar-refractivity contribution < 1.29 is 4.79 Å². The van der Waals surface area contributed by atoms with E-state index in [0.29, 0.717) is 6.42 Å². The molecular weight excluding hydrogens is 296 g/mol. The van der Waals surface area contributed by atoms with E-state index in [4.69, 9.17) is 4.98 Å². The number of para-hydroxylation sites is 1. The van der Waals surface area contributed by atoms with Gasteiger partial charge in [-0.1, -0.05) is 64.7 Å². The highest BCUT2D eigenvalue weighted by atomic mass is 16.1. The predicted octanol–water partition coefficient (Wildman–Crippen LogP) is 5.66. The van der Waals surface area contributed by atoms with Gasteiger partial charge in [0.2, 0.25) is 5.91 Å². The van der Waals surface area contributed by atoms with Crippen LogP contribution in [0.15, 0.2) is 24.3 Å². The van der Waals surface area contributed by atoms with Crippen LogP contribution in [-0.2, 0) is 17.6 Å². The quantitative estimate of drug-likeness (QED) is 0.604. The van der Waals surface area contributed by atoms with Crippen LogP contribution in [0.3, 0.4) is 0 Å². The summed E-state index contributed by atoms with van der Waals surface area (Å²) in [5.74, 6) is 0.125. The van der Waals surface area contributed by atoms with E-state index >= 15 is 0 Å². The average Bonchev–Trinajstić information content (AvgIpc) is 2.59. The molecule has 24 heavy (non-hydrogen) atoms. The maximum absolute atomic E-state index is 12.4. The van der Waals surface area contributed by atoms with Crippen molar-refractivity contribution in [3.63, 3.8) is 0 Å². The maximum Gasteiger partial charge on any atom is 0.224 e. The summed E-state index contributed by atoms with van der Waals surface area (Å²) in [5.41, 5.74) is 4.27. The van der Waals surface area contributed by atoms with Gasteiger partial charge in [0, 0.05) is 17.5 Å². The number of benzene rings is 1. The summed E-state index contributed by atoms with van der Waals surface area (Å²) in [7, 11) is 0. The van der Waals surface area contributed by atoms with Crippen LogP contribution < -0.4 is 5.32 Å². The lowest BCUT2D eigenvalue weighted by Gasteiger charge is -2.17. The number of unbranched alkanes of at least 4 members (excludes halogenated alkanes) is 3. The van der Waals surface area contributed by atoms with E-state index in [9.17, 15) is 4.79 Å². The number of pyridine rings is 1.